The Bertz CT molecular complexity index is 450. The SMILES string of the molecule is O=C(NCc1n[nH]c2c1CCCCC2)C1CCCO1. The van der Waals surface area contributed by atoms with Crippen LogP contribution in [-0.4, -0.2) is 28.8 Å². The minimum absolute atomic E-state index is 0.00266. The number of carbonyl (C=O) groups is 1. The molecule has 1 unspecified atom stereocenters. The molecular weight excluding hydrogens is 242 g/mol. The number of aryl methyl sites for hydroxylation is 1. The van der Waals surface area contributed by atoms with Crippen LogP contribution in [0.2, 0.25) is 0 Å². The summed E-state index contributed by atoms with van der Waals surface area (Å²) in [7, 11) is 0. The van der Waals surface area contributed by atoms with Crippen molar-refractivity contribution in [2.75, 3.05) is 6.61 Å². The van der Waals surface area contributed by atoms with Gasteiger partial charge in [-0.25, -0.2) is 0 Å². The first-order valence-electron chi connectivity index (χ1n) is 7.29. The summed E-state index contributed by atoms with van der Waals surface area (Å²) in [6.45, 7) is 1.22. The van der Waals surface area contributed by atoms with E-state index < -0.39 is 0 Å². The second kappa shape index (κ2) is 5.74. The standard InChI is InChI=1S/C14H21N3O2/c18-14(13-7-4-8-19-13)15-9-12-10-5-2-1-3-6-11(10)16-17-12/h13H,1-9H2,(H,15,18)(H,16,17). The summed E-state index contributed by atoms with van der Waals surface area (Å²) in [5.74, 6) is 0.00266. The normalized spacial score (nSPS) is 22.8. The average molecular weight is 263 g/mol. The Morgan fingerprint density at radius 1 is 1.32 bits per heavy atom. The molecule has 1 amide bonds. The van der Waals surface area contributed by atoms with Crippen molar-refractivity contribution in [2.45, 2.75) is 57.6 Å². The van der Waals surface area contributed by atoms with Crippen LogP contribution in [0.5, 0.6) is 0 Å². The van der Waals surface area contributed by atoms with E-state index in [1.807, 2.05) is 0 Å². The fourth-order valence-corrected chi connectivity index (χ4v) is 2.94. The third kappa shape index (κ3) is 2.81. The Labute approximate surface area is 113 Å². The number of nitrogens with one attached hydrogen (secondary N) is 2. The van der Waals surface area contributed by atoms with E-state index in [0.717, 1.165) is 31.4 Å². The van der Waals surface area contributed by atoms with Crippen LogP contribution < -0.4 is 5.32 Å². The zero-order valence-electron chi connectivity index (χ0n) is 11.2. The van der Waals surface area contributed by atoms with Gasteiger partial charge in [0.15, 0.2) is 0 Å². The Hall–Kier alpha value is -1.36. The van der Waals surface area contributed by atoms with Gasteiger partial charge in [-0.15, -0.1) is 0 Å². The van der Waals surface area contributed by atoms with Crippen LogP contribution in [-0.2, 0) is 28.9 Å². The molecule has 19 heavy (non-hydrogen) atoms. The highest BCUT2D eigenvalue weighted by molar-refractivity contribution is 5.80. The topological polar surface area (TPSA) is 67.0 Å². The summed E-state index contributed by atoms with van der Waals surface area (Å²) in [6, 6.07) is 0. The Kier molecular flexibility index (Phi) is 3.82. The number of amides is 1. The summed E-state index contributed by atoms with van der Waals surface area (Å²) in [5, 5.41) is 10.4. The third-order valence-electron chi connectivity index (χ3n) is 4.04. The van der Waals surface area contributed by atoms with E-state index in [2.05, 4.69) is 15.5 Å². The Morgan fingerprint density at radius 3 is 3.05 bits per heavy atom. The van der Waals surface area contributed by atoms with Gasteiger partial charge in [0.2, 0.25) is 5.91 Å². The maximum absolute atomic E-state index is 11.9. The van der Waals surface area contributed by atoms with Crippen molar-refractivity contribution in [2.24, 2.45) is 0 Å². The number of hydrogen-bond acceptors (Lipinski definition) is 3. The molecule has 0 bridgehead atoms. The fourth-order valence-electron chi connectivity index (χ4n) is 2.94. The molecule has 1 aromatic heterocycles. The molecule has 0 radical (unpaired) electrons. The molecule has 0 saturated carbocycles. The first-order chi connectivity index (χ1) is 9.34. The fraction of sp³-hybridized carbons (Fsp3) is 0.714. The van der Waals surface area contributed by atoms with Crippen LogP contribution in [0.25, 0.3) is 0 Å². The molecule has 2 N–H and O–H groups in total. The predicted octanol–water partition coefficient (Wildman–Crippen LogP) is 1.47. The van der Waals surface area contributed by atoms with E-state index in [1.54, 1.807) is 0 Å². The second-order valence-corrected chi connectivity index (χ2v) is 5.41. The number of aromatic nitrogens is 2. The van der Waals surface area contributed by atoms with Gasteiger partial charge in [-0.05, 0) is 44.1 Å². The van der Waals surface area contributed by atoms with Crippen LogP contribution in [0, 0.1) is 0 Å². The highest BCUT2D eigenvalue weighted by atomic mass is 16.5. The molecule has 1 aliphatic heterocycles. The van der Waals surface area contributed by atoms with E-state index in [9.17, 15) is 4.79 Å². The first-order valence-corrected chi connectivity index (χ1v) is 7.29. The van der Waals surface area contributed by atoms with Crippen molar-refractivity contribution in [3.63, 3.8) is 0 Å². The van der Waals surface area contributed by atoms with Crippen molar-refractivity contribution in [1.82, 2.24) is 15.5 Å². The van der Waals surface area contributed by atoms with Crippen molar-refractivity contribution in [3.05, 3.63) is 17.0 Å². The Morgan fingerprint density at radius 2 is 2.21 bits per heavy atom. The number of carbonyl (C=O) groups excluding carboxylic acids is 1. The maximum Gasteiger partial charge on any atom is 0.249 e. The molecular formula is C14H21N3O2. The summed E-state index contributed by atoms with van der Waals surface area (Å²) in [6.07, 6.45) is 7.47. The molecule has 3 rings (SSSR count). The van der Waals surface area contributed by atoms with Gasteiger partial charge in [0.1, 0.15) is 6.10 Å². The van der Waals surface area contributed by atoms with Gasteiger partial charge in [0.25, 0.3) is 0 Å². The second-order valence-electron chi connectivity index (χ2n) is 5.41. The average Bonchev–Trinajstić information content (AvgIpc) is 3.02. The number of fused-ring (bicyclic) bond motifs is 1. The molecule has 1 saturated heterocycles. The minimum atomic E-state index is -0.252. The molecule has 104 valence electrons. The van der Waals surface area contributed by atoms with Gasteiger partial charge < -0.3 is 10.1 Å². The summed E-state index contributed by atoms with van der Waals surface area (Å²) in [5.41, 5.74) is 3.59. The van der Waals surface area contributed by atoms with Crippen molar-refractivity contribution in [3.8, 4) is 0 Å². The van der Waals surface area contributed by atoms with Gasteiger partial charge in [0, 0.05) is 12.3 Å². The zero-order chi connectivity index (χ0) is 13.1. The molecule has 1 aliphatic carbocycles. The minimum Gasteiger partial charge on any atom is -0.368 e. The molecule has 0 spiro atoms. The number of H-pyrrole nitrogens is 1. The van der Waals surface area contributed by atoms with E-state index in [1.165, 1.54) is 30.5 Å². The van der Waals surface area contributed by atoms with Gasteiger partial charge in [-0.1, -0.05) is 6.42 Å². The largest absolute Gasteiger partial charge is 0.368 e. The third-order valence-corrected chi connectivity index (χ3v) is 4.04. The van der Waals surface area contributed by atoms with Crippen LogP contribution in [0.1, 0.15) is 49.1 Å². The van der Waals surface area contributed by atoms with Crippen LogP contribution in [0.15, 0.2) is 0 Å². The lowest BCUT2D eigenvalue weighted by Crippen LogP contribution is -2.33. The van der Waals surface area contributed by atoms with Crippen LogP contribution in [0.4, 0.5) is 0 Å². The van der Waals surface area contributed by atoms with E-state index in [-0.39, 0.29) is 12.0 Å². The van der Waals surface area contributed by atoms with E-state index in [4.69, 9.17) is 4.74 Å². The van der Waals surface area contributed by atoms with E-state index in [0.29, 0.717) is 13.2 Å². The van der Waals surface area contributed by atoms with E-state index >= 15 is 0 Å². The molecule has 0 aromatic carbocycles. The lowest BCUT2D eigenvalue weighted by atomic mass is 10.1. The van der Waals surface area contributed by atoms with Crippen LogP contribution >= 0.6 is 0 Å². The Balaban J connectivity index is 1.60. The van der Waals surface area contributed by atoms with Crippen molar-refractivity contribution in [1.29, 1.82) is 0 Å². The highest BCUT2D eigenvalue weighted by Gasteiger charge is 2.24. The number of nitrogens with zero attached hydrogens (tertiary/aromatic N) is 1. The summed E-state index contributed by atoms with van der Waals surface area (Å²) < 4.78 is 5.38. The number of aromatic amines is 1. The van der Waals surface area contributed by atoms with Crippen molar-refractivity contribution < 1.29 is 9.53 Å². The van der Waals surface area contributed by atoms with Crippen LogP contribution in [0.3, 0.4) is 0 Å². The first kappa shape index (κ1) is 12.7. The highest BCUT2D eigenvalue weighted by Crippen LogP contribution is 2.21. The number of rotatable bonds is 3. The summed E-state index contributed by atoms with van der Waals surface area (Å²) >= 11 is 0. The maximum atomic E-state index is 11.9. The van der Waals surface area contributed by atoms with Gasteiger partial charge in [-0.2, -0.15) is 5.10 Å². The molecule has 5 nitrogen and oxygen atoms in total. The predicted molar refractivity (Wildman–Crippen MR) is 70.7 cm³/mol. The molecule has 1 fully saturated rings. The smallest absolute Gasteiger partial charge is 0.249 e. The molecule has 5 heteroatoms. The monoisotopic (exact) mass is 263 g/mol. The number of ether oxygens (including phenoxy) is 1. The summed E-state index contributed by atoms with van der Waals surface area (Å²) in [4.78, 5) is 11.9. The molecule has 1 atom stereocenters. The lowest BCUT2D eigenvalue weighted by Gasteiger charge is -2.10. The molecule has 1 aromatic rings. The molecule has 2 aliphatic rings. The van der Waals surface area contributed by atoms with Gasteiger partial charge >= 0.3 is 0 Å². The van der Waals surface area contributed by atoms with Gasteiger partial charge in [0.05, 0.1) is 12.2 Å². The quantitative estimate of drug-likeness (QED) is 0.812. The van der Waals surface area contributed by atoms with Gasteiger partial charge in [-0.3, -0.25) is 9.89 Å². The zero-order valence-corrected chi connectivity index (χ0v) is 11.2. The number of hydrogen-bond donors (Lipinski definition) is 2. The lowest BCUT2D eigenvalue weighted by molar-refractivity contribution is -0.130. The van der Waals surface area contributed by atoms with Crippen molar-refractivity contribution >= 4 is 5.91 Å². The molecule has 2 heterocycles.